The van der Waals surface area contributed by atoms with Gasteiger partial charge in [0.25, 0.3) is 5.56 Å². The number of likely N-dealkylation sites (tertiary alicyclic amines) is 1. The molecule has 9 heteroatoms. The number of fused-ring (bicyclic) bond motifs is 3. The summed E-state index contributed by atoms with van der Waals surface area (Å²) in [5, 5.41) is 4.21. The summed E-state index contributed by atoms with van der Waals surface area (Å²) >= 11 is 0. The predicted octanol–water partition coefficient (Wildman–Crippen LogP) is 6.24. The van der Waals surface area contributed by atoms with Crippen LogP contribution in [-0.2, 0) is 11.3 Å². The van der Waals surface area contributed by atoms with Crippen molar-refractivity contribution in [3.05, 3.63) is 58.4 Å². The van der Waals surface area contributed by atoms with E-state index in [2.05, 4.69) is 55.0 Å². The summed E-state index contributed by atoms with van der Waals surface area (Å²) in [6.45, 7) is 11.6. The minimum atomic E-state index is -0.626. The molecule has 2 bridgehead atoms. The Bertz CT molecular complexity index is 1570. The fourth-order valence-corrected chi connectivity index (χ4v) is 8.19. The van der Waals surface area contributed by atoms with E-state index in [1.165, 1.54) is 6.42 Å². The van der Waals surface area contributed by atoms with Crippen molar-refractivity contribution in [2.24, 2.45) is 28.2 Å². The van der Waals surface area contributed by atoms with Gasteiger partial charge in [-0.05, 0) is 106 Å². The van der Waals surface area contributed by atoms with Crippen molar-refractivity contribution in [1.29, 1.82) is 0 Å². The number of aryl methyl sites for hydroxylation is 1. The fraction of sp³-hybridized carbons (Fsp3) is 0.639. The van der Waals surface area contributed by atoms with E-state index >= 15 is 0 Å². The molecule has 7 rings (SSSR count). The number of hydrogen-bond donors (Lipinski definition) is 1. The van der Waals surface area contributed by atoms with Crippen LogP contribution in [0.15, 0.2) is 57.9 Å². The molecule has 45 heavy (non-hydrogen) atoms. The molecular weight excluding hydrogens is 567 g/mol. The Labute approximate surface area is 267 Å². The van der Waals surface area contributed by atoms with E-state index in [4.69, 9.17) is 9.73 Å². The second-order valence-electron chi connectivity index (χ2n) is 14.9. The molecule has 4 fully saturated rings. The summed E-state index contributed by atoms with van der Waals surface area (Å²) in [5.74, 6) is 2.72. The number of halogens is 1. The van der Waals surface area contributed by atoms with E-state index < -0.39 is 5.60 Å². The topological polar surface area (TPSA) is 75.0 Å². The molecule has 1 aliphatic heterocycles. The smallest absolute Gasteiger partial charge is 0.261 e. The Hall–Kier alpha value is -3.04. The van der Waals surface area contributed by atoms with Crippen LogP contribution in [-0.4, -0.2) is 77.3 Å². The van der Waals surface area contributed by atoms with Crippen LogP contribution in [0.3, 0.4) is 0 Å². The third-order valence-corrected chi connectivity index (χ3v) is 11.8. The highest BCUT2D eigenvalue weighted by Gasteiger charge is 2.56. The van der Waals surface area contributed by atoms with Crippen LogP contribution in [0.1, 0.15) is 66.2 Å². The molecule has 0 amide bonds. The van der Waals surface area contributed by atoms with Gasteiger partial charge in [0, 0.05) is 38.9 Å². The Balaban J connectivity index is 1.21. The molecule has 8 nitrogen and oxygen atoms in total. The SMILES string of the molecule is COC1(C)C=CC(CCn2cnc3cc(NC(=NC4C[C@@H]5C[C@H]([C@@H]4C)C5(C)C)N(C)C4CCN(C)CC4)ccc3c2=O)=C(F)C1. The number of ether oxygens (including phenoxy) is 1. The van der Waals surface area contributed by atoms with Crippen LogP contribution >= 0.6 is 0 Å². The number of rotatable bonds is 7. The lowest BCUT2D eigenvalue weighted by molar-refractivity contribution is -0.108. The van der Waals surface area contributed by atoms with Gasteiger partial charge in [0.1, 0.15) is 5.83 Å². The number of aliphatic imine (C=N–C) groups is 1. The number of anilines is 1. The predicted molar refractivity (Wildman–Crippen MR) is 180 cm³/mol. The summed E-state index contributed by atoms with van der Waals surface area (Å²) in [5.41, 5.74) is 1.78. The number of piperidine rings is 1. The van der Waals surface area contributed by atoms with Crippen LogP contribution in [0.4, 0.5) is 10.1 Å². The minimum absolute atomic E-state index is 0.121. The molecule has 1 aromatic carbocycles. The van der Waals surface area contributed by atoms with Crippen molar-refractivity contribution in [3.8, 4) is 0 Å². The number of guanidine groups is 1. The number of aromatic nitrogens is 2. The van der Waals surface area contributed by atoms with Crippen molar-refractivity contribution in [1.82, 2.24) is 19.4 Å². The fourth-order valence-electron chi connectivity index (χ4n) is 8.19. The van der Waals surface area contributed by atoms with Gasteiger partial charge in [-0.2, -0.15) is 0 Å². The first-order chi connectivity index (χ1) is 21.4. The molecule has 3 saturated carbocycles. The third-order valence-electron chi connectivity index (χ3n) is 11.8. The quantitative estimate of drug-likeness (QED) is 0.293. The molecule has 1 saturated heterocycles. The highest BCUT2D eigenvalue weighted by Crippen LogP contribution is 2.61. The van der Waals surface area contributed by atoms with Gasteiger partial charge in [-0.3, -0.25) is 9.36 Å². The number of methoxy groups -OCH3 is 1. The van der Waals surface area contributed by atoms with Gasteiger partial charge in [0.15, 0.2) is 5.96 Å². The maximum absolute atomic E-state index is 14.8. The maximum Gasteiger partial charge on any atom is 0.261 e. The second-order valence-corrected chi connectivity index (χ2v) is 14.9. The van der Waals surface area contributed by atoms with Crippen molar-refractivity contribution < 1.29 is 9.13 Å². The standard InChI is InChI=1S/C36H51FN6O2/c1-23-29-18-25(35(29,2)3)19-31(23)40-34(42(6)27-12-15-41(5)16-13-27)39-26-8-9-28-32(20-26)38-22-43(33(28)44)17-11-24-10-14-36(4,45-7)21-30(24)37/h8-10,14,20,22-23,25,27,29,31H,11-13,15-19,21H2,1-7H3,(H,39,40)/t23-,25-,29+,31?,36?/m0/s1. The largest absolute Gasteiger partial charge is 0.374 e. The Morgan fingerprint density at radius 3 is 2.64 bits per heavy atom. The van der Waals surface area contributed by atoms with Gasteiger partial charge in [-0.15, -0.1) is 0 Å². The molecule has 1 aromatic heterocycles. The lowest BCUT2D eigenvalue weighted by atomic mass is 9.45. The number of benzene rings is 1. The van der Waals surface area contributed by atoms with Crippen LogP contribution in [0.5, 0.6) is 0 Å². The van der Waals surface area contributed by atoms with Gasteiger partial charge < -0.3 is 19.9 Å². The van der Waals surface area contributed by atoms with Crippen LogP contribution in [0.25, 0.3) is 10.9 Å². The second kappa shape index (κ2) is 12.3. The highest BCUT2D eigenvalue weighted by molar-refractivity contribution is 5.96. The molecule has 2 heterocycles. The van der Waals surface area contributed by atoms with Crippen LogP contribution in [0, 0.1) is 23.2 Å². The summed E-state index contributed by atoms with van der Waals surface area (Å²) in [4.78, 5) is 28.2. The van der Waals surface area contributed by atoms with Crippen LogP contribution in [0.2, 0.25) is 0 Å². The van der Waals surface area contributed by atoms with Crippen molar-refractivity contribution >= 4 is 22.5 Å². The summed E-state index contributed by atoms with van der Waals surface area (Å²) in [7, 11) is 5.95. The van der Waals surface area contributed by atoms with E-state index in [-0.39, 0.29) is 17.8 Å². The zero-order valence-corrected chi connectivity index (χ0v) is 28.1. The molecule has 0 radical (unpaired) electrons. The van der Waals surface area contributed by atoms with E-state index in [1.807, 2.05) is 31.2 Å². The third kappa shape index (κ3) is 6.22. The van der Waals surface area contributed by atoms with Gasteiger partial charge in [0.05, 0.1) is 28.9 Å². The monoisotopic (exact) mass is 618 g/mol. The molecule has 2 aromatic rings. The van der Waals surface area contributed by atoms with Gasteiger partial charge in [-0.25, -0.2) is 14.4 Å². The molecular formula is C36H51FN6O2. The summed E-state index contributed by atoms with van der Waals surface area (Å²) < 4.78 is 21.8. The van der Waals surface area contributed by atoms with E-state index in [0.29, 0.717) is 52.9 Å². The maximum atomic E-state index is 14.8. The minimum Gasteiger partial charge on any atom is -0.374 e. The Kier molecular flexibility index (Phi) is 8.72. The molecule has 2 unspecified atom stereocenters. The molecule has 1 N–H and O–H groups in total. The number of allylic oxidation sites excluding steroid dienone is 2. The van der Waals surface area contributed by atoms with Gasteiger partial charge in [0.2, 0.25) is 0 Å². The normalized spacial score (nSPS) is 30.4. The first-order valence-electron chi connectivity index (χ1n) is 16.8. The first kappa shape index (κ1) is 31.9. The van der Waals surface area contributed by atoms with E-state index in [0.717, 1.165) is 55.8 Å². The molecule has 4 aliphatic carbocycles. The molecule has 5 atom stereocenters. The molecule has 244 valence electrons. The number of nitrogens with zero attached hydrogens (tertiary/aromatic N) is 5. The number of nitrogens with one attached hydrogen (secondary N) is 1. The van der Waals surface area contributed by atoms with Gasteiger partial charge >= 0.3 is 0 Å². The zero-order valence-electron chi connectivity index (χ0n) is 28.1. The van der Waals surface area contributed by atoms with Crippen molar-refractivity contribution in [2.75, 3.05) is 39.6 Å². The lowest BCUT2D eigenvalue weighted by Crippen LogP contribution is -2.57. The zero-order chi connectivity index (χ0) is 32.1. The molecule has 0 spiro atoms. The first-order valence-corrected chi connectivity index (χ1v) is 16.8. The van der Waals surface area contributed by atoms with E-state index in [1.54, 1.807) is 24.1 Å². The summed E-state index contributed by atoms with van der Waals surface area (Å²) in [6, 6.07) is 6.47. The van der Waals surface area contributed by atoms with E-state index in [9.17, 15) is 9.18 Å². The average Bonchev–Trinajstić information content (AvgIpc) is 3.02. The van der Waals surface area contributed by atoms with Crippen molar-refractivity contribution in [3.63, 3.8) is 0 Å². The summed E-state index contributed by atoms with van der Waals surface area (Å²) in [6.07, 6.45) is 10.5. The number of hydrogen-bond acceptors (Lipinski definition) is 5. The Morgan fingerprint density at radius 1 is 1.22 bits per heavy atom. The lowest BCUT2D eigenvalue weighted by Gasteiger charge is -2.61. The van der Waals surface area contributed by atoms with Gasteiger partial charge in [-0.1, -0.05) is 32.9 Å². The van der Waals surface area contributed by atoms with Crippen LogP contribution < -0.4 is 10.9 Å². The average molecular weight is 619 g/mol. The highest BCUT2D eigenvalue weighted by atomic mass is 19.1. The van der Waals surface area contributed by atoms with Crippen molar-refractivity contribution in [2.45, 2.75) is 90.4 Å². The molecule has 5 aliphatic rings. The Morgan fingerprint density at radius 2 is 1.98 bits per heavy atom.